The maximum absolute atomic E-state index is 11.4. The highest BCUT2D eigenvalue weighted by molar-refractivity contribution is 5.75. The lowest BCUT2D eigenvalue weighted by atomic mass is 10.1. The molecular weight excluding hydrogens is 182 g/mol. The van der Waals surface area contributed by atoms with Crippen LogP contribution in [-0.4, -0.2) is 47.8 Å². The van der Waals surface area contributed by atoms with Crippen molar-refractivity contribution in [2.24, 2.45) is 0 Å². The van der Waals surface area contributed by atoms with Gasteiger partial charge in [0.1, 0.15) is 6.04 Å². The fourth-order valence-electron chi connectivity index (χ4n) is 1.69. The quantitative estimate of drug-likeness (QED) is 0.671. The lowest BCUT2D eigenvalue weighted by Crippen LogP contribution is -2.45. The van der Waals surface area contributed by atoms with E-state index in [1.165, 1.54) is 0 Å². The van der Waals surface area contributed by atoms with Crippen molar-refractivity contribution in [2.45, 2.75) is 38.8 Å². The van der Waals surface area contributed by atoms with Crippen molar-refractivity contribution in [1.82, 2.24) is 4.90 Å². The zero-order valence-electron chi connectivity index (χ0n) is 8.90. The predicted octanol–water partition coefficient (Wildman–Crippen LogP) is 0.395. The molecule has 0 aromatic heterocycles. The Balaban J connectivity index is 2.37. The van der Waals surface area contributed by atoms with E-state index in [0.29, 0.717) is 6.61 Å². The summed E-state index contributed by atoms with van der Waals surface area (Å²) in [6, 6.07) is -0.178. The van der Waals surface area contributed by atoms with Crippen LogP contribution < -0.4 is 0 Å². The van der Waals surface area contributed by atoms with Crippen molar-refractivity contribution in [3.63, 3.8) is 0 Å². The van der Waals surface area contributed by atoms with Gasteiger partial charge in [-0.1, -0.05) is 0 Å². The number of hydrogen-bond donors (Lipinski definition) is 1. The van der Waals surface area contributed by atoms with E-state index in [1.54, 1.807) is 0 Å². The first-order valence-corrected chi connectivity index (χ1v) is 5.24. The minimum Gasteiger partial charge on any atom is -0.465 e. The Bertz CT molecular complexity index is 188. The Kier molecular flexibility index (Phi) is 4.35. The number of hydrogen-bond acceptors (Lipinski definition) is 4. The lowest BCUT2D eigenvalue weighted by Gasteiger charge is -2.32. The molecule has 1 atom stereocenters. The second-order valence-electron chi connectivity index (χ2n) is 3.70. The minimum absolute atomic E-state index is 0.163. The van der Waals surface area contributed by atoms with Crippen LogP contribution in [-0.2, 0) is 9.53 Å². The summed E-state index contributed by atoms with van der Waals surface area (Å²) in [6.45, 7) is 5.65. The van der Waals surface area contributed by atoms with Gasteiger partial charge in [0, 0.05) is 13.1 Å². The zero-order chi connectivity index (χ0) is 10.6. The van der Waals surface area contributed by atoms with Crippen LogP contribution in [0.4, 0.5) is 0 Å². The van der Waals surface area contributed by atoms with Crippen LogP contribution >= 0.6 is 0 Å². The number of aliphatic hydroxyl groups excluding tert-OH is 1. The first-order chi connectivity index (χ1) is 6.65. The third-order valence-corrected chi connectivity index (χ3v) is 2.67. The van der Waals surface area contributed by atoms with E-state index in [9.17, 15) is 9.90 Å². The fraction of sp³-hybridized carbons (Fsp3) is 0.900. The Morgan fingerprint density at radius 3 is 2.64 bits per heavy atom. The fourth-order valence-corrected chi connectivity index (χ4v) is 1.69. The van der Waals surface area contributed by atoms with Crippen molar-refractivity contribution < 1.29 is 14.6 Å². The van der Waals surface area contributed by atoms with Crippen molar-refractivity contribution >= 4 is 5.97 Å². The number of likely N-dealkylation sites (tertiary alicyclic amines) is 1. The van der Waals surface area contributed by atoms with Gasteiger partial charge in [0.05, 0.1) is 12.7 Å². The third-order valence-electron chi connectivity index (χ3n) is 2.67. The van der Waals surface area contributed by atoms with E-state index < -0.39 is 0 Å². The molecule has 0 amide bonds. The Labute approximate surface area is 84.8 Å². The Morgan fingerprint density at radius 2 is 2.14 bits per heavy atom. The molecule has 4 nitrogen and oxygen atoms in total. The molecule has 4 heteroatoms. The lowest BCUT2D eigenvalue weighted by molar-refractivity contribution is -0.149. The first-order valence-electron chi connectivity index (χ1n) is 5.24. The molecule has 14 heavy (non-hydrogen) atoms. The monoisotopic (exact) mass is 201 g/mol. The summed E-state index contributed by atoms with van der Waals surface area (Å²) in [4.78, 5) is 13.5. The van der Waals surface area contributed by atoms with Crippen LogP contribution in [0.2, 0.25) is 0 Å². The average molecular weight is 201 g/mol. The molecule has 1 saturated heterocycles. The molecule has 1 N–H and O–H groups in total. The molecule has 0 spiro atoms. The number of esters is 1. The molecular formula is C10H19NO3. The summed E-state index contributed by atoms with van der Waals surface area (Å²) in [6.07, 6.45) is 1.31. The van der Waals surface area contributed by atoms with Gasteiger partial charge in [-0.2, -0.15) is 0 Å². The highest BCUT2D eigenvalue weighted by Gasteiger charge is 2.26. The number of ether oxygens (including phenoxy) is 1. The van der Waals surface area contributed by atoms with Crippen molar-refractivity contribution in [2.75, 3.05) is 19.7 Å². The molecule has 1 rings (SSSR count). The molecule has 0 aromatic carbocycles. The van der Waals surface area contributed by atoms with Crippen LogP contribution in [0.25, 0.3) is 0 Å². The normalized spacial score (nSPS) is 21.9. The summed E-state index contributed by atoms with van der Waals surface area (Å²) in [7, 11) is 0. The van der Waals surface area contributed by atoms with Crippen LogP contribution in [0.5, 0.6) is 0 Å². The molecule has 0 bridgehead atoms. The van der Waals surface area contributed by atoms with E-state index >= 15 is 0 Å². The standard InChI is InChI=1S/C10H19NO3/c1-3-14-10(13)8(2)11-6-4-9(12)5-7-11/h8-9,12H,3-7H2,1-2H3. The Morgan fingerprint density at radius 1 is 1.57 bits per heavy atom. The number of carbonyl (C=O) groups is 1. The van der Waals surface area contributed by atoms with E-state index in [2.05, 4.69) is 4.90 Å². The van der Waals surface area contributed by atoms with Gasteiger partial charge in [-0.05, 0) is 26.7 Å². The Hall–Kier alpha value is -0.610. The molecule has 0 aromatic rings. The summed E-state index contributed by atoms with van der Waals surface area (Å²) < 4.78 is 4.94. The molecule has 1 unspecified atom stereocenters. The van der Waals surface area contributed by atoms with Crippen LogP contribution in [0.15, 0.2) is 0 Å². The highest BCUT2D eigenvalue weighted by atomic mass is 16.5. The molecule has 1 heterocycles. The van der Waals surface area contributed by atoms with E-state index in [1.807, 2.05) is 13.8 Å². The SMILES string of the molecule is CCOC(=O)C(C)N1CCC(O)CC1. The number of nitrogens with zero attached hydrogens (tertiary/aromatic N) is 1. The van der Waals surface area contributed by atoms with Crippen molar-refractivity contribution in [1.29, 1.82) is 0 Å². The van der Waals surface area contributed by atoms with Gasteiger partial charge >= 0.3 is 5.97 Å². The minimum atomic E-state index is -0.194. The summed E-state index contributed by atoms with van der Waals surface area (Å²) in [5.41, 5.74) is 0. The van der Waals surface area contributed by atoms with Crippen LogP contribution in [0.1, 0.15) is 26.7 Å². The summed E-state index contributed by atoms with van der Waals surface area (Å²) >= 11 is 0. The summed E-state index contributed by atoms with van der Waals surface area (Å²) in [5.74, 6) is -0.163. The first kappa shape index (κ1) is 11.5. The molecule has 1 aliphatic rings. The van der Waals surface area contributed by atoms with Crippen molar-refractivity contribution in [3.8, 4) is 0 Å². The second-order valence-corrected chi connectivity index (χ2v) is 3.70. The topological polar surface area (TPSA) is 49.8 Å². The zero-order valence-corrected chi connectivity index (χ0v) is 8.90. The third kappa shape index (κ3) is 2.96. The van der Waals surface area contributed by atoms with Crippen LogP contribution in [0.3, 0.4) is 0 Å². The van der Waals surface area contributed by atoms with E-state index in [4.69, 9.17) is 4.74 Å². The van der Waals surface area contributed by atoms with Crippen molar-refractivity contribution in [3.05, 3.63) is 0 Å². The number of piperidine rings is 1. The molecule has 0 saturated carbocycles. The number of rotatable bonds is 3. The van der Waals surface area contributed by atoms with Gasteiger partial charge in [0.2, 0.25) is 0 Å². The predicted molar refractivity (Wildman–Crippen MR) is 52.9 cm³/mol. The summed E-state index contributed by atoms with van der Waals surface area (Å²) in [5, 5.41) is 9.31. The maximum atomic E-state index is 11.4. The maximum Gasteiger partial charge on any atom is 0.323 e. The highest BCUT2D eigenvalue weighted by Crippen LogP contribution is 2.13. The average Bonchev–Trinajstić information content (AvgIpc) is 2.18. The van der Waals surface area contributed by atoms with Gasteiger partial charge in [-0.15, -0.1) is 0 Å². The van der Waals surface area contributed by atoms with Gasteiger partial charge in [-0.25, -0.2) is 0 Å². The molecule has 82 valence electrons. The second kappa shape index (κ2) is 5.32. The number of carbonyl (C=O) groups excluding carboxylic acids is 1. The van der Waals surface area contributed by atoms with E-state index in [0.717, 1.165) is 25.9 Å². The van der Waals surface area contributed by atoms with Gasteiger partial charge in [-0.3, -0.25) is 9.69 Å². The van der Waals surface area contributed by atoms with Gasteiger partial charge in [0.25, 0.3) is 0 Å². The number of aliphatic hydroxyl groups is 1. The molecule has 1 fully saturated rings. The largest absolute Gasteiger partial charge is 0.465 e. The molecule has 0 radical (unpaired) electrons. The molecule has 1 aliphatic heterocycles. The van der Waals surface area contributed by atoms with Crippen LogP contribution in [0, 0.1) is 0 Å². The van der Waals surface area contributed by atoms with Gasteiger partial charge < -0.3 is 9.84 Å². The smallest absolute Gasteiger partial charge is 0.323 e. The van der Waals surface area contributed by atoms with E-state index in [-0.39, 0.29) is 18.1 Å². The molecule has 0 aliphatic carbocycles. The van der Waals surface area contributed by atoms with Gasteiger partial charge in [0.15, 0.2) is 0 Å².